The Balaban J connectivity index is 1.91. The molecule has 0 saturated heterocycles. The quantitative estimate of drug-likeness (QED) is 0.796. The van der Waals surface area contributed by atoms with Crippen molar-refractivity contribution in [3.63, 3.8) is 0 Å². The van der Waals surface area contributed by atoms with Gasteiger partial charge in [-0.15, -0.1) is 0 Å². The molecule has 2 aromatic rings. The number of nitriles is 1. The predicted molar refractivity (Wildman–Crippen MR) is 83.9 cm³/mol. The fourth-order valence-electron chi connectivity index (χ4n) is 2.18. The lowest BCUT2D eigenvalue weighted by atomic mass is 10.1. The molecule has 0 fully saturated rings. The average Bonchev–Trinajstić information content (AvgIpc) is 2.55. The Morgan fingerprint density at radius 2 is 1.59 bits per heavy atom. The van der Waals surface area contributed by atoms with Gasteiger partial charge in [-0.2, -0.15) is 10.3 Å². The zero-order valence-electron chi connectivity index (χ0n) is 12.6. The minimum atomic E-state index is -0.719. The van der Waals surface area contributed by atoms with E-state index in [1.165, 1.54) is 0 Å². The molecule has 4 heteroatoms. The van der Waals surface area contributed by atoms with Crippen molar-refractivity contribution in [2.75, 3.05) is 0 Å². The van der Waals surface area contributed by atoms with Gasteiger partial charge in [-0.3, -0.25) is 0 Å². The van der Waals surface area contributed by atoms with Gasteiger partial charge in [0.1, 0.15) is 6.04 Å². The van der Waals surface area contributed by atoms with Gasteiger partial charge < -0.3 is 9.94 Å². The topological polar surface area (TPSA) is 56.5 Å². The van der Waals surface area contributed by atoms with Gasteiger partial charge in [0.15, 0.2) is 0 Å². The van der Waals surface area contributed by atoms with Crippen molar-refractivity contribution in [3.05, 3.63) is 71.8 Å². The van der Waals surface area contributed by atoms with Crippen molar-refractivity contribution in [2.24, 2.45) is 0 Å². The molecule has 114 valence electrons. The van der Waals surface area contributed by atoms with Crippen LogP contribution in [0.1, 0.15) is 18.1 Å². The standard InChI is InChI=1S/C18H20N2O2/c1-15(22-14-17-10-6-3-7-11-17)18(12-19)20(21)13-16-8-4-2-5-9-16/h2-11,15,18,21H,13-14H2,1H3. The predicted octanol–water partition coefficient (Wildman–Crippen LogP) is 3.38. The first-order chi connectivity index (χ1) is 10.7. The van der Waals surface area contributed by atoms with E-state index in [4.69, 9.17) is 4.74 Å². The van der Waals surface area contributed by atoms with Crippen LogP contribution < -0.4 is 0 Å². The molecule has 0 aliphatic carbocycles. The molecule has 0 aliphatic rings. The fourth-order valence-corrected chi connectivity index (χ4v) is 2.18. The molecule has 0 saturated carbocycles. The largest absolute Gasteiger partial charge is 0.371 e. The summed E-state index contributed by atoms with van der Waals surface area (Å²) in [6.45, 7) is 2.50. The summed E-state index contributed by atoms with van der Waals surface area (Å²) in [7, 11) is 0. The van der Waals surface area contributed by atoms with E-state index in [1.807, 2.05) is 60.7 Å². The van der Waals surface area contributed by atoms with Crippen LogP contribution in [0.5, 0.6) is 0 Å². The maximum atomic E-state index is 10.2. The number of nitrogens with zero attached hydrogens (tertiary/aromatic N) is 2. The molecule has 0 heterocycles. The van der Waals surface area contributed by atoms with Crippen LogP contribution in [-0.4, -0.2) is 22.4 Å². The summed E-state index contributed by atoms with van der Waals surface area (Å²) in [5, 5.41) is 20.5. The molecular formula is C18H20N2O2. The summed E-state index contributed by atoms with van der Waals surface area (Å²) >= 11 is 0. The first-order valence-electron chi connectivity index (χ1n) is 7.25. The average molecular weight is 296 g/mol. The molecule has 22 heavy (non-hydrogen) atoms. The zero-order chi connectivity index (χ0) is 15.8. The molecule has 0 radical (unpaired) electrons. The maximum Gasteiger partial charge on any atom is 0.148 e. The third-order valence-corrected chi connectivity index (χ3v) is 3.44. The van der Waals surface area contributed by atoms with Crippen molar-refractivity contribution in [3.8, 4) is 6.07 Å². The summed E-state index contributed by atoms with van der Waals surface area (Å²) in [4.78, 5) is 0. The van der Waals surface area contributed by atoms with Crippen LogP contribution in [0.25, 0.3) is 0 Å². The van der Waals surface area contributed by atoms with E-state index in [1.54, 1.807) is 6.92 Å². The highest BCUT2D eigenvalue weighted by molar-refractivity contribution is 5.15. The first-order valence-corrected chi connectivity index (χ1v) is 7.25. The summed E-state index contributed by atoms with van der Waals surface area (Å²) in [5.74, 6) is 0. The molecule has 2 unspecified atom stereocenters. The number of benzene rings is 2. The highest BCUT2D eigenvalue weighted by atomic mass is 16.5. The van der Waals surface area contributed by atoms with Gasteiger partial charge in [0.05, 0.1) is 25.3 Å². The number of ether oxygens (including phenoxy) is 1. The molecule has 0 aliphatic heterocycles. The van der Waals surface area contributed by atoms with Gasteiger partial charge in [0.25, 0.3) is 0 Å². The highest BCUT2D eigenvalue weighted by Crippen LogP contribution is 2.12. The fraction of sp³-hybridized carbons (Fsp3) is 0.278. The van der Waals surface area contributed by atoms with Crippen LogP contribution in [0.15, 0.2) is 60.7 Å². The molecular weight excluding hydrogens is 276 g/mol. The monoisotopic (exact) mass is 296 g/mol. The Hall–Kier alpha value is -2.19. The van der Waals surface area contributed by atoms with Crippen molar-refractivity contribution in [2.45, 2.75) is 32.2 Å². The van der Waals surface area contributed by atoms with Crippen LogP contribution in [0.2, 0.25) is 0 Å². The van der Waals surface area contributed by atoms with Gasteiger partial charge in [0, 0.05) is 0 Å². The van der Waals surface area contributed by atoms with Crippen LogP contribution in [0.4, 0.5) is 0 Å². The van der Waals surface area contributed by atoms with Gasteiger partial charge in [-0.05, 0) is 18.1 Å². The molecule has 0 spiro atoms. The molecule has 2 rings (SSSR count). The SMILES string of the molecule is CC(OCc1ccccc1)C(C#N)N(O)Cc1ccccc1. The number of hydroxylamine groups is 2. The molecule has 2 aromatic carbocycles. The van der Waals surface area contributed by atoms with E-state index >= 15 is 0 Å². The first kappa shape index (κ1) is 16.2. The van der Waals surface area contributed by atoms with Crippen LogP contribution >= 0.6 is 0 Å². The normalized spacial score (nSPS) is 13.5. The molecule has 0 aromatic heterocycles. The van der Waals surface area contributed by atoms with Gasteiger partial charge in [-0.1, -0.05) is 60.7 Å². The van der Waals surface area contributed by atoms with E-state index in [0.717, 1.165) is 16.2 Å². The van der Waals surface area contributed by atoms with Gasteiger partial charge in [0.2, 0.25) is 0 Å². The van der Waals surface area contributed by atoms with Crippen molar-refractivity contribution in [1.82, 2.24) is 5.06 Å². The third kappa shape index (κ3) is 4.68. The summed E-state index contributed by atoms with van der Waals surface area (Å²) in [6, 6.07) is 20.7. The van der Waals surface area contributed by atoms with Gasteiger partial charge >= 0.3 is 0 Å². The van der Waals surface area contributed by atoms with Gasteiger partial charge in [-0.25, -0.2) is 0 Å². The van der Waals surface area contributed by atoms with Crippen LogP contribution in [-0.2, 0) is 17.9 Å². The minimum Gasteiger partial charge on any atom is -0.371 e. The molecule has 0 amide bonds. The number of hydrogen-bond acceptors (Lipinski definition) is 4. The summed E-state index contributed by atoms with van der Waals surface area (Å²) < 4.78 is 5.72. The Kier molecular flexibility index (Phi) is 6.11. The molecule has 1 N–H and O–H groups in total. The number of rotatable bonds is 7. The maximum absolute atomic E-state index is 10.2. The lowest BCUT2D eigenvalue weighted by molar-refractivity contribution is -0.153. The zero-order valence-corrected chi connectivity index (χ0v) is 12.6. The molecule has 2 atom stereocenters. The lowest BCUT2D eigenvalue weighted by Gasteiger charge is -2.25. The van der Waals surface area contributed by atoms with Crippen LogP contribution in [0, 0.1) is 11.3 Å². The molecule has 4 nitrogen and oxygen atoms in total. The Morgan fingerprint density at radius 3 is 2.14 bits per heavy atom. The van der Waals surface area contributed by atoms with Crippen LogP contribution in [0.3, 0.4) is 0 Å². The van der Waals surface area contributed by atoms with Crippen molar-refractivity contribution < 1.29 is 9.94 Å². The van der Waals surface area contributed by atoms with E-state index in [-0.39, 0.29) is 6.54 Å². The van der Waals surface area contributed by atoms with E-state index in [9.17, 15) is 10.5 Å². The Labute approximate surface area is 131 Å². The summed E-state index contributed by atoms with van der Waals surface area (Å²) in [6.07, 6.45) is -0.404. The Bertz CT molecular complexity index is 595. The van der Waals surface area contributed by atoms with E-state index in [2.05, 4.69) is 6.07 Å². The Morgan fingerprint density at radius 1 is 1.05 bits per heavy atom. The van der Waals surface area contributed by atoms with Crippen molar-refractivity contribution in [1.29, 1.82) is 5.26 Å². The van der Waals surface area contributed by atoms with E-state index < -0.39 is 12.1 Å². The third-order valence-electron chi connectivity index (χ3n) is 3.44. The summed E-state index contributed by atoms with van der Waals surface area (Å²) in [5.41, 5.74) is 1.99. The second-order valence-electron chi connectivity index (χ2n) is 5.16. The second kappa shape index (κ2) is 8.30. The minimum absolute atomic E-state index is 0.290. The second-order valence-corrected chi connectivity index (χ2v) is 5.16. The highest BCUT2D eigenvalue weighted by Gasteiger charge is 2.24. The van der Waals surface area contributed by atoms with E-state index in [0.29, 0.717) is 6.61 Å². The number of hydrogen-bond donors (Lipinski definition) is 1. The van der Waals surface area contributed by atoms with Crippen molar-refractivity contribution >= 4 is 0 Å². The molecule has 0 bridgehead atoms. The lowest BCUT2D eigenvalue weighted by Crippen LogP contribution is -2.40. The smallest absolute Gasteiger partial charge is 0.148 e.